The first-order valence-corrected chi connectivity index (χ1v) is 22.3. The predicted octanol–water partition coefficient (Wildman–Crippen LogP) is 11.6. The van der Waals surface area contributed by atoms with Crippen molar-refractivity contribution < 1.29 is 42.9 Å². The Balaban J connectivity index is 4.45. The predicted molar refractivity (Wildman–Crippen MR) is 230 cm³/mol. The molecule has 0 saturated heterocycles. The van der Waals surface area contributed by atoms with E-state index < -0.39 is 24.3 Å². The molecule has 9 nitrogen and oxygen atoms in total. The van der Waals surface area contributed by atoms with Crippen molar-refractivity contribution in [2.75, 3.05) is 47.5 Å². The number of hydrogen-bond acceptors (Lipinski definition) is 7. The van der Waals surface area contributed by atoms with Gasteiger partial charge in [0.15, 0.2) is 6.10 Å². The fourth-order valence-corrected chi connectivity index (χ4v) is 5.84. The van der Waals surface area contributed by atoms with Crippen LogP contribution >= 0.6 is 0 Å². The molecule has 2 unspecified atom stereocenters. The summed E-state index contributed by atoms with van der Waals surface area (Å²) in [7, 11) is 5.94. The molecule has 0 aromatic rings. The minimum absolute atomic E-state index is 0.180. The monoisotopic (exact) mass is 791 g/mol. The summed E-state index contributed by atoms with van der Waals surface area (Å²) in [4.78, 5) is 37.1. The van der Waals surface area contributed by atoms with Gasteiger partial charge in [-0.05, 0) is 70.6 Å². The highest BCUT2D eigenvalue weighted by atomic mass is 16.7. The number of carboxylic acid groups (broad SMARTS) is 1. The minimum Gasteiger partial charge on any atom is -0.477 e. The molecule has 9 heteroatoms. The lowest BCUT2D eigenvalue weighted by Crippen LogP contribution is -2.40. The lowest BCUT2D eigenvalue weighted by atomic mass is 10.1. The molecule has 0 aliphatic heterocycles. The van der Waals surface area contributed by atoms with Gasteiger partial charge in [-0.25, -0.2) is 4.79 Å². The molecular weight excluding hydrogens is 707 g/mol. The summed E-state index contributed by atoms with van der Waals surface area (Å²) in [6.07, 6.45) is 41.7. The largest absolute Gasteiger partial charge is 0.477 e. The number of carbonyl (C=O) groups is 3. The SMILES string of the molecule is CC/C=C\C/C=C\C/C=C\CCCCCC(=O)OC(COC(=O)CCCCCCCCC/C=C\CCCCCCCCC)COC(OCC[N+](C)(C)C)C(=O)O. The summed E-state index contributed by atoms with van der Waals surface area (Å²) in [5, 5.41) is 9.62. The molecule has 0 aliphatic rings. The van der Waals surface area contributed by atoms with E-state index in [0.717, 1.165) is 57.8 Å². The fraction of sp³-hybridized carbons (Fsp3) is 0.766. The van der Waals surface area contributed by atoms with E-state index in [1.165, 1.54) is 83.5 Å². The Hall–Kier alpha value is -2.75. The third-order valence-corrected chi connectivity index (χ3v) is 9.32. The van der Waals surface area contributed by atoms with Crippen LogP contribution < -0.4 is 0 Å². The van der Waals surface area contributed by atoms with E-state index in [-0.39, 0.29) is 38.6 Å². The van der Waals surface area contributed by atoms with E-state index in [2.05, 4.69) is 62.5 Å². The zero-order valence-corrected chi connectivity index (χ0v) is 36.5. The summed E-state index contributed by atoms with van der Waals surface area (Å²) < 4.78 is 22.7. The van der Waals surface area contributed by atoms with Gasteiger partial charge in [-0.1, -0.05) is 140 Å². The molecule has 1 N–H and O–H groups in total. The first-order chi connectivity index (χ1) is 27.1. The number of esters is 2. The quantitative estimate of drug-likeness (QED) is 0.0215. The Morgan fingerprint density at radius 3 is 1.55 bits per heavy atom. The van der Waals surface area contributed by atoms with Crippen molar-refractivity contribution in [1.82, 2.24) is 0 Å². The van der Waals surface area contributed by atoms with Crippen LogP contribution in [0.2, 0.25) is 0 Å². The van der Waals surface area contributed by atoms with Gasteiger partial charge in [0.1, 0.15) is 13.2 Å². The lowest BCUT2D eigenvalue weighted by molar-refractivity contribution is -0.870. The van der Waals surface area contributed by atoms with E-state index in [9.17, 15) is 19.5 Å². The van der Waals surface area contributed by atoms with E-state index in [0.29, 0.717) is 17.4 Å². The fourth-order valence-electron chi connectivity index (χ4n) is 5.84. The Morgan fingerprint density at radius 1 is 0.554 bits per heavy atom. The summed E-state index contributed by atoms with van der Waals surface area (Å²) in [5.74, 6) is -2.06. The number of ether oxygens (including phenoxy) is 4. The summed E-state index contributed by atoms with van der Waals surface area (Å²) >= 11 is 0. The van der Waals surface area contributed by atoms with Crippen LogP contribution in [0.1, 0.15) is 174 Å². The standard InChI is InChI=1S/C47H83NO8/c1-6-8-10-12-14-16-18-20-21-22-23-24-26-27-29-31-33-35-37-44(49)54-41-43(42-55-47(46(51)52)53-40-39-48(3,4)5)56-45(50)38-36-34-32-30-28-25-19-17-15-13-11-9-7-2/h9,11,15,17,21-22,25,28,43,47H,6-8,10,12-14,16,18-20,23-24,26-27,29-42H2,1-5H3/p+1/b11-9-,17-15-,22-21-,28-25-. The molecule has 0 saturated carbocycles. The molecule has 0 aromatic heterocycles. The number of carboxylic acids is 1. The van der Waals surface area contributed by atoms with Crippen LogP contribution in [0.25, 0.3) is 0 Å². The second-order valence-corrected chi connectivity index (χ2v) is 16.0. The maximum Gasteiger partial charge on any atom is 0.361 e. The van der Waals surface area contributed by atoms with Gasteiger partial charge in [0.2, 0.25) is 0 Å². The number of aliphatic carboxylic acids is 1. The molecule has 0 spiro atoms. The first kappa shape index (κ1) is 53.2. The van der Waals surface area contributed by atoms with Gasteiger partial charge < -0.3 is 28.5 Å². The van der Waals surface area contributed by atoms with Crippen molar-refractivity contribution in [1.29, 1.82) is 0 Å². The van der Waals surface area contributed by atoms with Crippen LogP contribution in [0.15, 0.2) is 48.6 Å². The average Bonchev–Trinajstić information content (AvgIpc) is 3.15. The molecular formula is C47H84NO8+. The number of quaternary nitrogens is 1. The van der Waals surface area contributed by atoms with Gasteiger partial charge in [-0.3, -0.25) is 9.59 Å². The third kappa shape index (κ3) is 39.5. The molecule has 0 aliphatic carbocycles. The van der Waals surface area contributed by atoms with Crippen LogP contribution in [0.5, 0.6) is 0 Å². The van der Waals surface area contributed by atoms with E-state index in [1.807, 2.05) is 21.1 Å². The Kier molecular flexibility index (Phi) is 37.2. The number of carbonyl (C=O) groups excluding carboxylic acids is 2. The van der Waals surface area contributed by atoms with Gasteiger partial charge in [0.05, 0.1) is 34.4 Å². The maximum absolute atomic E-state index is 12.7. The van der Waals surface area contributed by atoms with E-state index in [4.69, 9.17) is 18.9 Å². The minimum atomic E-state index is -1.52. The number of likely N-dealkylation sites (N-methyl/N-ethyl adjacent to an activating group) is 1. The molecule has 0 heterocycles. The zero-order chi connectivity index (χ0) is 41.4. The molecule has 324 valence electrons. The lowest BCUT2D eigenvalue weighted by Gasteiger charge is -2.25. The maximum atomic E-state index is 12.7. The molecule has 0 radical (unpaired) electrons. The Bertz CT molecular complexity index is 1060. The molecule has 56 heavy (non-hydrogen) atoms. The van der Waals surface area contributed by atoms with Gasteiger partial charge in [0, 0.05) is 12.8 Å². The van der Waals surface area contributed by atoms with E-state index in [1.54, 1.807) is 0 Å². The van der Waals surface area contributed by atoms with E-state index >= 15 is 0 Å². The van der Waals surface area contributed by atoms with Gasteiger partial charge in [-0.15, -0.1) is 0 Å². The molecule has 0 rings (SSSR count). The van der Waals surface area contributed by atoms with Crippen molar-refractivity contribution >= 4 is 17.9 Å². The van der Waals surface area contributed by atoms with Gasteiger partial charge >= 0.3 is 17.9 Å². The summed E-state index contributed by atoms with van der Waals surface area (Å²) in [6, 6.07) is 0. The molecule has 0 amide bonds. The van der Waals surface area contributed by atoms with Crippen LogP contribution in [0, 0.1) is 0 Å². The van der Waals surface area contributed by atoms with Crippen LogP contribution in [0.3, 0.4) is 0 Å². The molecule has 2 atom stereocenters. The number of nitrogens with zero attached hydrogens (tertiary/aromatic N) is 1. The molecule has 0 fully saturated rings. The summed E-state index contributed by atoms with van der Waals surface area (Å²) in [6.45, 7) is 4.70. The number of rotatable bonds is 40. The zero-order valence-electron chi connectivity index (χ0n) is 36.5. The number of hydrogen-bond donors (Lipinski definition) is 1. The topological polar surface area (TPSA) is 108 Å². The number of allylic oxidation sites excluding steroid dienone is 8. The van der Waals surface area contributed by atoms with Crippen molar-refractivity contribution in [2.45, 2.75) is 187 Å². The van der Waals surface area contributed by atoms with Crippen LogP contribution in [0.4, 0.5) is 0 Å². The Morgan fingerprint density at radius 2 is 1.02 bits per heavy atom. The second kappa shape index (κ2) is 39.1. The third-order valence-electron chi connectivity index (χ3n) is 9.32. The van der Waals surface area contributed by atoms with Crippen molar-refractivity contribution in [3.63, 3.8) is 0 Å². The van der Waals surface area contributed by atoms with Crippen molar-refractivity contribution in [3.05, 3.63) is 48.6 Å². The van der Waals surface area contributed by atoms with Gasteiger partial charge in [0.25, 0.3) is 6.29 Å². The average molecular weight is 791 g/mol. The normalized spacial score (nSPS) is 13.4. The first-order valence-electron chi connectivity index (χ1n) is 22.3. The Labute approximate surface area is 342 Å². The van der Waals surface area contributed by atoms with Crippen molar-refractivity contribution in [2.24, 2.45) is 0 Å². The highest BCUT2D eigenvalue weighted by molar-refractivity contribution is 5.71. The van der Waals surface area contributed by atoms with Crippen molar-refractivity contribution in [3.8, 4) is 0 Å². The van der Waals surface area contributed by atoms with Gasteiger partial charge in [-0.2, -0.15) is 0 Å². The smallest absolute Gasteiger partial charge is 0.361 e. The van der Waals surface area contributed by atoms with Crippen LogP contribution in [-0.4, -0.2) is 87.4 Å². The summed E-state index contributed by atoms with van der Waals surface area (Å²) in [5.41, 5.74) is 0. The number of unbranched alkanes of at least 4 members (excludes halogenated alkanes) is 17. The second-order valence-electron chi connectivity index (χ2n) is 16.0. The van der Waals surface area contributed by atoms with Crippen LogP contribution in [-0.2, 0) is 33.3 Å². The highest BCUT2D eigenvalue weighted by Gasteiger charge is 2.25. The highest BCUT2D eigenvalue weighted by Crippen LogP contribution is 2.13. The molecule has 0 bridgehead atoms. The molecule has 0 aromatic carbocycles.